The standard InChI is InChI=1S/C23H22N2O3/c1-15-3-6-18(7-4-15)25-19(11-16(2)24-25)13-22(26)23(9-10-23)17-5-8-20-21(12-17)28-14-27-20/h3-8,11-12H,9-10,13-14H2,1-2H3. The lowest BCUT2D eigenvalue weighted by molar-refractivity contribution is -0.120. The summed E-state index contributed by atoms with van der Waals surface area (Å²) in [5, 5.41) is 4.61. The molecule has 0 atom stereocenters. The molecule has 1 saturated carbocycles. The number of hydrogen-bond acceptors (Lipinski definition) is 4. The molecule has 0 amide bonds. The predicted octanol–water partition coefficient (Wildman–Crippen LogP) is 4.06. The molecule has 0 spiro atoms. The molecule has 142 valence electrons. The second kappa shape index (κ2) is 6.23. The minimum Gasteiger partial charge on any atom is -0.454 e. The first-order valence-electron chi connectivity index (χ1n) is 9.61. The van der Waals surface area contributed by atoms with E-state index in [4.69, 9.17) is 9.47 Å². The minimum atomic E-state index is -0.405. The van der Waals surface area contributed by atoms with Crippen LogP contribution in [0, 0.1) is 13.8 Å². The summed E-state index contributed by atoms with van der Waals surface area (Å²) in [6.07, 6.45) is 2.12. The van der Waals surface area contributed by atoms with Gasteiger partial charge in [0, 0.05) is 6.42 Å². The molecular weight excluding hydrogens is 352 g/mol. The highest BCUT2D eigenvalue weighted by molar-refractivity contribution is 5.94. The molecule has 5 heteroatoms. The predicted molar refractivity (Wildman–Crippen MR) is 105 cm³/mol. The van der Waals surface area contributed by atoms with Gasteiger partial charge in [0.2, 0.25) is 6.79 Å². The van der Waals surface area contributed by atoms with Gasteiger partial charge in [0.15, 0.2) is 11.5 Å². The summed E-state index contributed by atoms with van der Waals surface area (Å²) in [6.45, 7) is 4.27. The van der Waals surface area contributed by atoms with Gasteiger partial charge in [0.1, 0.15) is 5.78 Å². The molecular formula is C23H22N2O3. The van der Waals surface area contributed by atoms with Crippen molar-refractivity contribution in [2.75, 3.05) is 6.79 Å². The Morgan fingerprint density at radius 2 is 1.79 bits per heavy atom. The zero-order valence-corrected chi connectivity index (χ0v) is 16.1. The SMILES string of the molecule is Cc1ccc(-n2nc(C)cc2CC(=O)C2(c3ccc4c(c3)OCO4)CC2)cc1. The van der Waals surface area contributed by atoms with Gasteiger partial charge in [-0.3, -0.25) is 4.79 Å². The molecule has 1 fully saturated rings. The Hall–Kier alpha value is -3.08. The normalized spacial score (nSPS) is 16.2. The Kier molecular flexibility index (Phi) is 3.79. The lowest BCUT2D eigenvalue weighted by Crippen LogP contribution is -2.23. The van der Waals surface area contributed by atoms with Crippen molar-refractivity contribution < 1.29 is 14.3 Å². The number of nitrogens with zero attached hydrogens (tertiary/aromatic N) is 2. The zero-order chi connectivity index (χ0) is 19.3. The van der Waals surface area contributed by atoms with Gasteiger partial charge in [0.25, 0.3) is 0 Å². The van der Waals surface area contributed by atoms with E-state index in [-0.39, 0.29) is 12.6 Å². The van der Waals surface area contributed by atoms with Crippen LogP contribution in [0.1, 0.15) is 35.4 Å². The van der Waals surface area contributed by atoms with Crippen molar-refractivity contribution in [3.8, 4) is 17.2 Å². The summed E-state index contributed by atoms with van der Waals surface area (Å²) in [5.41, 5.74) is 4.64. The van der Waals surface area contributed by atoms with E-state index in [2.05, 4.69) is 24.2 Å². The highest BCUT2D eigenvalue weighted by Gasteiger charge is 2.51. The van der Waals surface area contributed by atoms with Crippen LogP contribution < -0.4 is 9.47 Å². The maximum absolute atomic E-state index is 13.3. The Morgan fingerprint density at radius 1 is 1.04 bits per heavy atom. The van der Waals surface area contributed by atoms with Gasteiger partial charge in [-0.2, -0.15) is 5.10 Å². The van der Waals surface area contributed by atoms with E-state index < -0.39 is 5.41 Å². The number of rotatable bonds is 5. The highest BCUT2D eigenvalue weighted by Crippen LogP contribution is 2.51. The Balaban J connectivity index is 1.44. The van der Waals surface area contributed by atoms with Crippen LogP contribution in [-0.4, -0.2) is 22.4 Å². The molecule has 2 aromatic carbocycles. The van der Waals surface area contributed by atoms with Crippen molar-refractivity contribution in [2.45, 2.75) is 38.5 Å². The molecule has 0 radical (unpaired) electrons. The van der Waals surface area contributed by atoms with Gasteiger partial charge in [0.05, 0.1) is 22.5 Å². The molecule has 0 saturated heterocycles. The second-order valence-corrected chi connectivity index (χ2v) is 7.77. The van der Waals surface area contributed by atoms with Crippen LogP contribution >= 0.6 is 0 Å². The molecule has 28 heavy (non-hydrogen) atoms. The Labute approximate surface area is 163 Å². The summed E-state index contributed by atoms with van der Waals surface area (Å²) in [4.78, 5) is 13.3. The quantitative estimate of drug-likeness (QED) is 0.676. The number of aryl methyl sites for hydroxylation is 2. The molecule has 2 aliphatic rings. The number of carbonyl (C=O) groups excluding carboxylic acids is 1. The van der Waals surface area contributed by atoms with Crippen molar-refractivity contribution in [2.24, 2.45) is 0 Å². The zero-order valence-electron chi connectivity index (χ0n) is 16.1. The molecule has 0 N–H and O–H groups in total. The average molecular weight is 374 g/mol. The molecule has 5 nitrogen and oxygen atoms in total. The van der Waals surface area contributed by atoms with Gasteiger partial charge in [-0.05, 0) is 62.6 Å². The first kappa shape index (κ1) is 17.0. The largest absolute Gasteiger partial charge is 0.454 e. The third-order valence-electron chi connectivity index (χ3n) is 5.73. The number of carbonyl (C=O) groups is 1. The molecule has 5 rings (SSSR count). The molecule has 1 aliphatic carbocycles. The first-order valence-corrected chi connectivity index (χ1v) is 9.61. The van der Waals surface area contributed by atoms with Crippen LogP contribution in [0.5, 0.6) is 11.5 Å². The van der Waals surface area contributed by atoms with Crippen LogP contribution in [0.3, 0.4) is 0 Å². The average Bonchev–Trinajstić information content (AvgIpc) is 3.23. The monoisotopic (exact) mass is 374 g/mol. The Morgan fingerprint density at radius 3 is 2.54 bits per heavy atom. The molecule has 3 aromatic rings. The molecule has 2 heterocycles. The number of Topliss-reactive ketones (excluding diaryl/α,β-unsaturated/α-hetero) is 1. The molecule has 0 bridgehead atoms. The van der Waals surface area contributed by atoms with E-state index in [0.29, 0.717) is 6.42 Å². The smallest absolute Gasteiger partial charge is 0.231 e. The van der Waals surface area contributed by atoms with Gasteiger partial charge >= 0.3 is 0 Å². The number of ether oxygens (including phenoxy) is 2. The van der Waals surface area contributed by atoms with Crippen molar-refractivity contribution >= 4 is 5.78 Å². The van der Waals surface area contributed by atoms with E-state index in [9.17, 15) is 4.79 Å². The minimum absolute atomic E-state index is 0.236. The van der Waals surface area contributed by atoms with Crippen LogP contribution in [0.25, 0.3) is 5.69 Å². The van der Waals surface area contributed by atoms with Crippen molar-refractivity contribution in [3.05, 3.63) is 71.0 Å². The van der Waals surface area contributed by atoms with Crippen LogP contribution in [0.15, 0.2) is 48.5 Å². The van der Waals surface area contributed by atoms with Crippen LogP contribution in [0.4, 0.5) is 0 Å². The lowest BCUT2D eigenvalue weighted by atomic mass is 9.88. The number of fused-ring (bicyclic) bond motifs is 1. The number of hydrogen-bond donors (Lipinski definition) is 0. The first-order chi connectivity index (χ1) is 13.5. The van der Waals surface area contributed by atoms with E-state index in [1.54, 1.807) is 0 Å². The third-order valence-corrected chi connectivity index (χ3v) is 5.73. The summed E-state index contributed by atoms with van der Waals surface area (Å²) >= 11 is 0. The fourth-order valence-corrected chi connectivity index (χ4v) is 3.97. The van der Waals surface area contributed by atoms with E-state index >= 15 is 0 Å². The van der Waals surface area contributed by atoms with Crippen molar-refractivity contribution in [1.82, 2.24) is 9.78 Å². The maximum Gasteiger partial charge on any atom is 0.231 e. The van der Waals surface area contributed by atoms with Gasteiger partial charge in [-0.25, -0.2) is 4.68 Å². The van der Waals surface area contributed by atoms with Crippen LogP contribution in [-0.2, 0) is 16.6 Å². The highest BCUT2D eigenvalue weighted by atomic mass is 16.7. The van der Waals surface area contributed by atoms with E-state index in [1.165, 1.54) is 5.56 Å². The maximum atomic E-state index is 13.3. The fourth-order valence-electron chi connectivity index (χ4n) is 3.97. The summed E-state index contributed by atoms with van der Waals surface area (Å²) in [7, 11) is 0. The second-order valence-electron chi connectivity index (χ2n) is 7.77. The van der Waals surface area contributed by atoms with Gasteiger partial charge in [-0.1, -0.05) is 23.8 Å². The van der Waals surface area contributed by atoms with Crippen molar-refractivity contribution in [3.63, 3.8) is 0 Å². The summed E-state index contributed by atoms with van der Waals surface area (Å²) in [6, 6.07) is 16.1. The van der Waals surface area contributed by atoms with Gasteiger partial charge < -0.3 is 9.47 Å². The topological polar surface area (TPSA) is 53.4 Å². The lowest BCUT2D eigenvalue weighted by Gasteiger charge is -2.16. The van der Waals surface area contributed by atoms with Crippen LogP contribution in [0.2, 0.25) is 0 Å². The number of aromatic nitrogens is 2. The van der Waals surface area contributed by atoms with E-state index in [0.717, 1.165) is 47.0 Å². The van der Waals surface area contributed by atoms with Gasteiger partial charge in [-0.15, -0.1) is 0 Å². The molecule has 1 aromatic heterocycles. The third kappa shape index (κ3) is 2.78. The molecule has 1 aliphatic heterocycles. The summed E-state index contributed by atoms with van der Waals surface area (Å²) < 4.78 is 12.8. The fraction of sp³-hybridized carbons (Fsp3) is 0.304. The number of ketones is 1. The van der Waals surface area contributed by atoms with Crippen molar-refractivity contribution in [1.29, 1.82) is 0 Å². The van der Waals surface area contributed by atoms with E-state index in [1.807, 2.05) is 48.0 Å². The Bertz CT molecular complexity index is 1060. The summed E-state index contributed by atoms with van der Waals surface area (Å²) in [5.74, 6) is 1.72. The number of benzene rings is 2. The molecule has 0 unspecified atom stereocenters.